The lowest BCUT2D eigenvalue weighted by atomic mass is 9.82. The van der Waals surface area contributed by atoms with Crippen molar-refractivity contribution in [2.24, 2.45) is 11.8 Å². The third-order valence-corrected chi connectivity index (χ3v) is 3.62. The Hall–Kier alpha value is 0.250. The van der Waals surface area contributed by atoms with Gasteiger partial charge in [-0.2, -0.15) is 0 Å². The highest BCUT2D eigenvalue weighted by Crippen LogP contribution is 2.35. The second kappa shape index (κ2) is 3.97. The lowest BCUT2D eigenvalue weighted by Crippen LogP contribution is -2.22. The van der Waals surface area contributed by atoms with Gasteiger partial charge in [-0.15, -0.1) is 11.6 Å². The van der Waals surface area contributed by atoms with E-state index in [0.717, 1.165) is 24.3 Å². The molecule has 0 radical (unpaired) electrons. The molecule has 0 aromatic heterocycles. The number of alkyl halides is 1. The minimum Gasteiger partial charge on any atom is -0.302 e. The van der Waals surface area contributed by atoms with Crippen molar-refractivity contribution >= 4 is 11.6 Å². The second-order valence-corrected chi connectivity index (χ2v) is 4.63. The molecule has 12 heavy (non-hydrogen) atoms. The molecule has 0 aromatic carbocycles. The van der Waals surface area contributed by atoms with Crippen LogP contribution in [0.4, 0.5) is 0 Å². The van der Waals surface area contributed by atoms with E-state index in [1.807, 2.05) is 0 Å². The Balaban J connectivity index is 1.85. The summed E-state index contributed by atoms with van der Waals surface area (Å²) in [7, 11) is 0. The Kier molecular flexibility index (Phi) is 2.92. The van der Waals surface area contributed by atoms with E-state index in [9.17, 15) is 0 Å². The molecule has 0 bridgehead atoms. The van der Waals surface area contributed by atoms with Crippen molar-refractivity contribution in [3.63, 3.8) is 0 Å². The smallest absolute Gasteiger partial charge is 0.0351 e. The highest BCUT2D eigenvalue weighted by molar-refractivity contribution is 6.18. The summed E-state index contributed by atoms with van der Waals surface area (Å²) in [5.41, 5.74) is 0. The standard InChI is InChI=1S/C10H18ClN/c11-5-6-12-7-9-3-1-2-4-10(9)8-12/h9-10H,1-8H2. The number of hydrogen-bond donors (Lipinski definition) is 0. The summed E-state index contributed by atoms with van der Waals surface area (Å²) in [5, 5.41) is 0. The first-order chi connectivity index (χ1) is 5.90. The van der Waals surface area contributed by atoms with Gasteiger partial charge in [0, 0.05) is 25.5 Å². The van der Waals surface area contributed by atoms with Crippen LogP contribution in [0.25, 0.3) is 0 Å². The van der Waals surface area contributed by atoms with Gasteiger partial charge in [-0.25, -0.2) is 0 Å². The molecule has 2 rings (SSSR count). The molecule has 1 heterocycles. The Morgan fingerprint density at radius 1 is 1.08 bits per heavy atom. The minimum atomic E-state index is 0.805. The maximum atomic E-state index is 5.74. The molecule has 0 N–H and O–H groups in total. The molecule has 2 atom stereocenters. The van der Waals surface area contributed by atoms with Gasteiger partial charge in [0.1, 0.15) is 0 Å². The first-order valence-electron chi connectivity index (χ1n) is 5.18. The maximum Gasteiger partial charge on any atom is 0.0351 e. The van der Waals surface area contributed by atoms with Crippen molar-refractivity contribution < 1.29 is 0 Å². The molecule has 2 aliphatic rings. The van der Waals surface area contributed by atoms with Crippen molar-refractivity contribution in [3.05, 3.63) is 0 Å². The highest BCUT2D eigenvalue weighted by Gasteiger charge is 2.33. The van der Waals surface area contributed by atoms with E-state index in [1.54, 1.807) is 0 Å². The molecule has 1 aliphatic heterocycles. The van der Waals surface area contributed by atoms with E-state index in [0.29, 0.717) is 0 Å². The first kappa shape index (κ1) is 8.83. The summed E-state index contributed by atoms with van der Waals surface area (Å²) in [6.07, 6.45) is 5.89. The van der Waals surface area contributed by atoms with Gasteiger partial charge in [0.25, 0.3) is 0 Å². The quantitative estimate of drug-likeness (QED) is 0.600. The van der Waals surface area contributed by atoms with Crippen LogP contribution in [0.5, 0.6) is 0 Å². The lowest BCUT2D eigenvalue weighted by Gasteiger charge is -2.23. The monoisotopic (exact) mass is 187 g/mol. The number of halogens is 1. The largest absolute Gasteiger partial charge is 0.302 e. The van der Waals surface area contributed by atoms with E-state index in [-0.39, 0.29) is 0 Å². The molecule has 1 saturated carbocycles. The van der Waals surface area contributed by atoms with Crippen LogP contribution in [0.15, 0.2) is 0 Å². The molecule has 0 spiro atoms. The predicted molar refractivity (Wildman–Crippen MR) is 52.6 cm³/mol. The van der Waals surface area contributed by atoms with Crippen molar-refractivity contribution in [2.75, 3.05) is 25.5 Å². The number of hydrogen-bond acceptors (Lipinski definition) is 1. The van der Waals surface area contributed by atoms with Crippen LogP contribution in [-0.4, -0.2) is 30.4 Å². The molecule has 2 unspecified atom stereocenters. The van der Waals surface area contributed by atoms with Gasteiger partial charge in [0.15, 0.2) is 0 Å². The van der Waals surface area contributed by atoms with Crippen LogP contribution >= 0.6 is 11.6 Å². The fourth-order valence-corrected chi connectivity index (χ4v) is 3.04. The van der Waals surface area contributed by atoms with E-state index >= 15 is 0 Å². The average molecular weight is 188 g/mol. The molecule has 2 heteroatoms. The molecule has 0 aromatic rings. The summed E-state index contributed by atoms with van der Waals surface area (Å²) in [6.45, 7) is 3.77. The predicted octanol–water partition coefficient (Wildman–Crippen LogP) is 2.35. The summed E-state index contributed by atoms with van der Waals surface area (Å²) >= 11 is 5.74. The lowest BCUT2D eigenvalue weighted by molar-refractivity contribution is 0.299. The van der Waals surface area contributed by atoms with Crippen LogP contribution < -0.4 is 0 Å². The third kappa shape index (κ3) is 1.77. The molecule has 70 valence electrons. The van der Waals surface area contributed by atoms with E-state index < -0.39 is 0 Å². The fourth-order valence-electron chi connectivity index (χ4n) is 2.81. The number of nitrogens with zero attached hydrogens (tertiary/aromatic N) is 1. The number of likely N-dealkylation sites (tertiary alicyclic amines) is 1. The Bertz CT molecular complexity index is 135. The molecular formula is C10H18ClN. The summed E-state index contributed by atoms with van der Waals surface area (Å²) < 4.78 is 0. The van der Waals surface area contributed by atoms with Crippen molar-refractivity contribution in [3.8, 4) is 0 Å². The van der Waals surface area contributed by atoms with E-state index in [1.165, 1.54) is 38.8 Å². The van der Waals surface area contributed by atoms with Gasteiger partial charge in [-0.3, -0.25) is 0 Å². The van der Waals surface area contributed by atoms with E-state index in [2.05, 4.69) is 4.90 Å². The SMILES string of the molecule is ClCCN1CC2CCCCC2C1. The van der Waals surface area contributed by atoms with Crippen molar-refractivity contribution in [2.45, 2.75) is 25.7 Å². The maximum absolute atomic E-state index is 5.74. The van der Waals surface area contributed by atoms with Gasteiger partial charge >= 0.3 is 0 Å². The first-order valence-corrected chi connectivity index (χ1v) is 5.72. The normalized spacial score (nSPS) is 36.8. The number of rotatable bonds is 2. The molecule has 0 amide bonds. The molecule has 1 saturated heterocycles. The zero-order valence-corrected chi connectivity index (χ0v) is 8.39. The molecular weight excluding hydrogens is 170 g/mol. The van der Waals surface area contributed by atoms with Crippen LogP contribution in [0.2, 0.25) is 0 Å². The van der Waals surface area contributed by atoms with E-state index in [4.69, 9.17) is 11.6 Å². The van der Waals surface area contributed by atoms with Crippen LogP contribution in [-0.2, 0) is 0 Å². The number of fused-ring (bicyclic) bond motifs is 1. The van der Waals surface area contributed by atoms with Gasteiger partial charge in [-0.1, -0.05) is 12.8 Å². The summed E-state index contributed by atoms with van der Waals surface area (Å²) in [4.78, 5) is 2.55. The zero-order valence-electron chi connectivity index (χ0n) is 7.64. The highest BCUT2D eigenvalue weighted by atomic mass is 35.5. The second-order valence-electron chi connectivity index (χ2n) is 4.25. The van der Waals surface area contributed by atoms with Crippen LogP contribution in [0.3, 0.4) is 0 Å². The molecule has 1 aliphatic carbocycles. The zero-order chi connectivity index (χ0) is 8.39. The molecule has 2 fully saturated rings. The van der Waals surface area contributed by atoms with Gasteiger partial charge in [-0.05, 0) is 24.7 Å². The Labute approximate surface area is 80.1 Å². The third-order valence-electron chi connectivity index (χ3n) is 3.45. The minimum absolute atomic E-state index is 0.805. The van der Waals surface area contributed by atoms with Crippen molar-refractivity contribution in [1.82, 2.24) is 4.90 Å². The Morgan fingerprint density at radius 3 is 2.17 bits per heavy atom. The summed E-state index contributed by atoms with van der Waals surface area (Å²) in [6, 6.07) is 0. The topological polar surface area (TPSA) is 3.24 Å². The van der Waals surface area contributed by atoms with Crippen LogP contribution in [0.1, 0.15) is 25.7 Å². The van der Waals surface area contributed by atoms with Crippen LogP contribution in [0, 0.1) is 11.8 Å². The van der Waals surface area contributed by atoms with Gasteiger partial charge in [0.05, 0.1) is 0 Å². The molecule has 1 nitrogen and oxygen atoms in total. The fraction of sp³-hybridized carbons (Fsp3) is 1.00. The Morgan fingerprint density at radius 2 is 1.67 bits per heavy atom. The van der Waals surface area contributed by atoms with Crippen molar-refractivity contribution in [1.29, 1.82) is 0 Å². The average Bonchev–Trinajstić information content (AvgIpc) is 2.47. The summed E-state index contributed by atoms with van der Waals surface area (Å²) in [5.74, 6) is 2.84. The van der Waals surface area contributed by atoms with Gasteiger partial charge < -0.3 is 4.90 Å². The van der Waals surface area contributed by atoms with Gasteiger partial charge in [0.2, 0.25) is 0 Å².